The summed E-state index contributed by atoms with van der Waals surface area (Å²) >= 11 is 0. The van der Waals surface area contributed by atoms with E-state index < -0.39 is 0 Å². The van der Waals surface area contributed by atoms with Crippen LogP contribution in [0.25, 0.3) is 0 Å². The van der Waals surface area contributed by atoms with Gasteiger partial charge in [0, 0.05) is 13.3 Å². The molecule has 1 aliphatic rings. The molecule has 0 aromatic rings. The molecule has 0 bridgehead atoms. The molecule has 2 amide bonds. The van der Waals surface area contributed by atoms with E-state index in [0.717, 1.165) is 0 Å². The molecule has 0 aliphatic heterocycles. The molecule has 0 saturated heterocycles. The van der Waals surface area contributed by atoms with E-state index in [-0.39, 0.29) is 6.03 Å². The molecule has 0 spiro atoms. The maximum Gasteiger partial charge on any atom is 0.304 e. The Morgan fingerprint density at radius 2 is 2.27 bits per heavy atom. The number of rotatable bonds is 5. The summed E-state index contributed by atoms with van der Waals surface area (Å²) in [4.78, 5) is 13.2. The molecule has 1 fully saturated rings. The van der Waals surface area contributed by atoms with E-state index in [0.29, 0.717) is 21.7 Å². The first-order chi connectivity index (χ1) is 7.24. The Bertz CT molecular complexity index is 201. The first kappa shape index (κ1) is 12.6. The van der Waals surface area contributed by atoms with Crippen molar-refractivity contribution in [1.29, 1.82) is 0 Å². The van der Waals surface area contributed by atoms with Gasteiger partial charge < -0.3 is 14.6 Å². The second-order valence-corrected chi connectivity index (χ2v) is 4.86. The summed E-state index contributed by atoms with van der Waals surface area (Å²) in [6.07, 6.45) is 5.62. The Morgan fingerprint density at radius 1 is 1.60 bits per heavy atom. The molecule has 0 unspecified atom stereocenters. The van der Waals surface area contributed by atoms with Crippen molar-refractivity contribution in [3.8, 4) is 0 Å². The lowest BCUT2D eigenvalue weighted by atomic mass is 9.73. The van der Waals surface area contributed by atoms with Crippen molar-refractivity contribution in [1.82, 2.24) is 10.1 Å². The van der Waals surface area contributed by atoms with Crippen LogP contribution in [-0.4, -0.2) is 48.3 Å². The number of hydrogen-bond acceptors (Lipinski definition) is 2. The lowest BCUT2D eigenvalue weighted by molar-refractivity contribution is 0.229. The molecule has 0 atom stereocenters. The van der Waals surface area contributed by atoms with E-state index in [9.17, 15) is 4.79 Å². The second-order valence-electron chi connectivity index (χ2n) is 3.81. The van der Waals surface area contributed by atoms with Gasteiger partial charge in [-0.15, -0.1) is 0 Å². The summed E-state index contributed by atoms with van der Waals surface area (Å²) in [6, 6.07) is -0.0357. The van der Waals surface area contributed by atoms with Gasteiger partial charge in [-0.25, -0.2) is 0 Å². The summed E-state index contributed by atoms with van der Waals surface area (Å²) in [5.41, 5.74) is 0. The van der Waals surface area contributed by atoms with Crippen molar-refractivity contribution in [2.24, 2.45) is 0 Å². The molecule has 1 saturated carbocycles. The van der Waals surface area contributed by atoms with Crippen LogP contribution < -0.4 is 5.32 Å². The molecule has 15 heavy (non-hydrogen) atoms. The molecular formula is C9H18BN2O2Si. The van der Waals surface area contributed by atoms with E-state index in [1.807, 2.05) is 14.5 Å². The van der Waals surface area contributed by atoms with Crippen molar-refractivity contribution in [3.05, 3.63) is 0 Å². The van der Waals surface area contributed by atoms with Crippen LogP contribution in [0.1, 0.15) is 25.7 Å². The molecule has 0 aromatic heterocycles. The minimum atomic E-state index is -0.0357. The Hall–Kier alpha value is -0.488. The number of nitrogens with zero attached hydrogens (tertiary/aromatic N) is 1. The molecule has 83 valence electrons. The fourth-order valence-corrected chi connectivity index (χ4v) is 2.17. The minimum Gasteiger partial charge on any atom is -0.419 e. The summed E-state index contributed by atoms with van der Waals surface area (Å²) < 4.78 is 4.89. The van der Waals surface area contributed by atoms with Gasteiger partial charge in [0.1, 0.15) is 0 Å². The van der Waals surface area contributed by atoms with Crippen LogP contribution in [0.15, 0.2) is 0 Å². The number of hydrogen-bond donors (Lipinski definition) is 1. The van der Waals surface area contributed by atoms with Crippen LogP contribution in [-0.2, 0) is 4.43 Å². The molecule has 3 radical (unpaired) electrons. The van der Waals surface area contributed by atoms with Crippen LogP contribution >= 0.6 is 0 Å². The van der Waals surface area contributed by atoms with E-state index >= 15 is 0 Å². The molecule has 1 N–H and O–H groups in total. The SMILES string of the molecule is CO[Si]CNC(=O)N(C)[B]C1CCCC1. The van der Waals surface area contributed by atoms with Crippen molar-refractivity contribution in [2.45, 2.75) is 31.5 Å². The van der Waals surface area contributed by atoms with Gasteiger partial charge in [0.05, 0.1) is 0 Å². The minimum absolute atomic E-state index is 0.0357. The number of carbonyl (C=O) groups excluding carboxylic acids is 1. The summed E-state index contributed by atoms with van der Waals surface area (Å²) in [5, 5.41) is 2.80. The zero-order valence-electron chi connectivity index (χ0n) is 9.45. The molecule has 0 aromatic carbocycles. The molecule has 1 aliphatic carbocycles. The third-order valence-corrected chi connectivity index (χ3v) is 3.22. The predicted molar refractivity (Wildman–Crippen MR) is 61.9 cm³/mol. The van der Waals surface area contributed by atoms with Gasteiger partial charge in [0.25, 0.3) is 17.2 Å². The average Bonchev–Trinajstić information content (AvgIpc) is 2.70. The fourth-order valence-electron chi connectivity index (χ4n) is 1.80. The summed E-state index contributed by atoms with van der Waals surface area (Å²) in [5.74, 6) is 0.589. The quantitative estimate of drug-likeness (QED) is 0.556. The normalized spacial score (nSPS) is 16.4. The van der Waals surface area contributed by atoms with Crippen LogP contribution in [0.2, 0.25) is 5.82 Å². The topological polar surface area (TPSA) is 41.6 Å². The van der Waals surface area contributed by atoms with Crippen molar-refractivity contribution >= 4 is 23.2 Å². The highest BCUT2D eigenvalue weighted by Gasteiger charge is 2.21. The van der Waals surface area contributed by atoms with E-state index in [4.69, 9.17) is 4.43 Å². The Labute approximate surface area is 94.9 Å². The van der Waals surface area contributed by atoms with Gasteiger partial charge in [-0.3, -0.25) is 4.79 Å². The molecular weight excluding hydrogens is 207 g/mol. The number of nitrogens with one attached hydrogen (secondary N) is 1. The average molecular weight is 225 g/mol. The van der Waals surface area contributed by atoms with Crippen molar-refractivity contribution in [3.63, 3.8) is 0 Å². The number of carbonyl (C=O) groups is 1. The highest BCUT2D eigenvalue weighted by Crippen LogP contribution is 2.29. The summed E-state index contributed by atoms with van der Waals surface area (Å²) in [6.45, 7) is 0. The fraction of sp³-hybridized carbons (Fsp3) is 0.889. The molecule has 4 nitrogen and oxygen atoms in total. The van der Waals surface area contributed by atoms with Gasteiger partial charge in [-0.2, -0.15) is 0 Å². The van der Waals surface area contributed by atoms with E-state index in [1.165, 1.54) is 25.7 Å². The largest absolute Gasteiger partial charge is 0.419 e. The van der Waals surface area contributed by atoms with Crippen LogP contribution in [0.4, 0.5) is 4.79 Å². The first-order valence-electron chi connectivity index (χ1n) is 5.35. The van der Waals surface area contributed by atoms with Gasteiger partial charge >= 0.3 is 6.03 Å². The third-order valence-electron chi connectivity index (χ3n) is 2.61. The summed E-state index contributed by atoms with van der Waals surface area (Å²) in [7, 11) is 5.82. The monoisotopic (exact) mass is 225 g/mol. The lowest BCUT2D eigenvalue weighted by Crippen LogP contribution is -2.42. The number of amides is 2. The first-order valence-corrected chi connectivity index (χ1v) is 6.47. The third kappa shape index (κ3) is 4.70. The van der Waals surface area contributed by atoms with Crippen LogP contribution in [0, 0.1) is 0 Å². The van der Waals surface area contributed by atoms with E-state index in [1.54, 1.807) is 11.9 Å². The zero-order valence-corrected chi connectivity index (χ0v) is 10.5. The predicted octanol–water partition coefficient (Wildman–Crippen LogP) is 0.833. The van der Waals surface area contributed by atoms with Crippen molar-refractivity contribution in [2.75, 3.05) is 20.3 Å². The van der Waals surface area contributed by atoms with Crippen LogP contribution in [0.3, 0.4) is 0 Å². The molecule has 6 heteroatoms. The maximum atomic E-state index is 11.5. The second kappa shape index (κ2) is 6.90. The van der Waals surface area contributed by atoms with E-state index in [2.05, 4.69) is 5.32 Å². The Morgan fingerprint density at radius 3 is 2.87 bits per heavy atom. The van der Waals surface area contributed by atoms with Gasteiger partial charge in [-0.1, -0.05) is 25.7 Å². The molecule has 0 heterocycles. The smallest absolute Gasteiger partial charge is 0.304 e. The lowest BCUT2D eigenvalue weighted by Gasteiger charge is -2.19. The van der Waals surface area contributed by atoms with Gasteiger partial charge in [-0.05, 0) is 12.9 Å². The highest BCUT2D eigenvalue weighted by molar-refractivity contribution is 6.38. The Balaban J connectivity index is 2.14. The standard InChI is InChI=1S/C9H18BN2O2Si/c1-12(9(13)11-7-15-14-2)10-8-5-3-4-6-8/h8H,3-7H2,1-2H3,(H,11,13). The van der Waals surface area contributed by atoms with Crippen LogP contribution in [0.5, 0.6) is 0 Å². The Kier molecular flexibility index (Phi) is 5.79. The van der Waals surface area contributed by atoms with Crippen molar-refractivity contribution < 1.29 is 9.22 Å². The maximum absolute atomic E-state index is 11.5. The van der Waals surface area contributed by atoms with Gasteiger partial charge in [0.15, 0.2) is 0 Å². The van der Waals surface area contributed by atoms with Gasteiger partial charge in [0.2, 0.25) is 0 Å². The highest BCUT2D eigenvalue weighted by atomic mass is 28.2. The zero-order chi connectivity index (χ0) is 11.1. The molecule has 1 rings (SSSR count). The number of urea groups is 1.